The van der Waals surface area contributed by atoms with Crippen molar-refractivity contribution in [3.8, 4) is 0 Å². The van der Waals surface area contributed by atoms with Crippen molar-refractivity contribution in [3.05, 3.63) is 5.53 Å². The van der Waals surface area contributed by atoms with Crippen molar-refractivity contribution in [2.75, 3.05) is 0 Å². The number of amides is 1. The van der Waals surface area contributed by atoms with Crippen LogP contribution in [-0.4, -0.2) is 53.0 Å². The molecule has 8 heteroatoms. The predicted octanol–water partition coefficient (Wildman–Crippen LogP) is 0.886. The number of Topliss-reactive ketones (excluding diaryl/α,β-unsaturated/α-hetero) is 1. The van der Waals surface area contributed by atoms with Crippen molar-refractivity contribution in [1.29, 1.82) is 0 Å². The van der Waals surface area contributed by atoms with Crippen LogP contribution in [-0.2, 0) is 23.9 Å². The van der Waals surface area contributed by atoms with Gasteiger partial charge in [0.1, 0.15) is 12.1 Å². The minimum absolute atomic E-state index is 0.0382. The molecule has 0 unspecified atom stereocenters. The zero-order valence-corrected chi connectivity index (χ0v) is 14.2. The van der Waals surface area contributed by atoms with E-state index >= 15 is 0 Å². The summed E-state index contributed by atoms with van der Waals surface area (Å²) in [4.78, 5) is 38.1. The van der Waals surface area contributed by atoms with Gasteiger partial charge in [0.2, 0.25) is 11.7 Å². The lowest BCUT2D eigenvalue weighted by Gasteiger charge is -2.21. The van der Waals surface area contributed by atoms with Gasteiger partial charge in [-0.25, -0.2) is 4.79 Å². The van der Waals surface area contributed by atoms with Gasteiger partial charge in [0.05, 0.1) is 12.2 Å². The highest BCUT2D eigenvalue weighted by Gasteiger charge is 2.26. The van der Waals surface area contributed by atoms with Gasteiger partial charge in [-0.15, -0.1) is 0 Å². The largest absolute Gasteiger partial charge is 0.461 e. The fourth-order valence-electron chi connectivity index (χ4n) is 1.74. The van der Waals surface area contributed by atoms with Crippen molar-refractivity contribution in [2.24, 2.45) is 0 Å². The van der Waals surface area contributed by atoms with Crippen LogP contribution < -0.4 is 5.32 Å². The Labute approximate surface area is 136 Å². The number of rotatable bonds is 10. The minimum Gasteiger partial charge on any atom is -0.461 e. The number of hydrogen-bond acceptors (Lipinski definition) is 5. The van der Waals surface area contributed by atoms with E-state index in [1.54, 1.807) is 34.6 Å². The molecule has 2 atom stereocenters. The number of carbonyl (C=O) groups is 3. The first kappa shape index (κ1) is 20.9. The molecule has 0 spiro atoms. The van der Waals surface area contributed by atoms with E-state index < -0.39 is 29.8 Å². The maximum atomic E-state index is 12.1. The lowest BCUT2D eigenvalue weighted by Crippen LogP contribution is -2.47. The summed E-state index contributed by atoms with van der Waals surface area (Å²) >= 11 is 0. The van der Waals surface area contributed by atoms with Crippen LogP contribution in [0.2, 0.25) is 0 Å². The Bertz CT molecular complexity index is 470. The molecule has 0 aromatic rings. The number of nitrogens with one attached hydrogen (secondary N) is 1. The SMILES string of the molecule is CC(C)OC(=O)[C@H](CCC(=O)C=[N+]=[N-])NC(=O)[C@H](C)OC(C)C. The molecule has 0 heterocycles. The first-order valence-corrected chi connectivity index (χ1v) is 7.54. The van der Waals surface area contributed by atoms with Crippen LogP contribution in [0.5, 0.6) is 0 Å². The third-order valence-corrected chi connectivity index (χ3v) is 2.68. The molecule has 1 N–H and O–H groups in total. The van der Waals surface area contributed by atoms with E-state index in [4.69, 9.17) is 15.0 Å². The quantitative estimate of drug-likeness (QED) is 0.277. The summed E-state index contributed by atoms with van der Waals surface area (Å²) in [5.41, 5.74) is 8.30. The summed E-state index contributed by atoms with van der Waals surface area (Å²) in [6.45, 7) is 8.53. The average Bonchev–Trinajstić information content (AvgIpc) is 2.41. The van der Waals surface area contributed by atoms with E-state index in [0.717, 1.165) is 6.21 Å². The van der Waals surface area contributed by atoms with Gasteiger partial charge in [0.15, 0.2) is 0 Å². The molecule has 0 aromatic carbocycles. The molecule has 0 fully saturated rings. The minimum atomic E-state index is -0.973. The molecule has 0 aromatic heterocycles. The van der Waals surface area contributed by atoms with Crippen molar-refractivity contribution >= 4 is 23.9 Å². The van der Waals surface area contributed by atoms with Crippen LogP contribution >= 0.6 is 0 Å². The summed E-state index contributed by atoms with van der Waals surface area (Å²) in [7, 11) is 0. The summed E-state index contributed by atoms with van der Waals surface area (Å²) in [5, 5.41) is 2.53. The normalized spacial score (nSPS) is 13.2. The first-order chi connectivity index (χ1) is 10.7. The third kappa shape index (κ3) is 9.55. The van der Waals surface area contributed by atoms with Crippen LogP contribution in [0, 0.1) is 0 Å². The summed E-state index contributed by atoms with van der Waals surface area (Å²) < 4.78 is 10.4. The van der Waals surface area contributed by atoms with Gasteiger partial charge < -0.3 is 20.3 Å². The summed E-state index contributed by atoms with van der Waals surface area (Å²) in [6, 6.07) is -0.973. The standard InChI is InChI=1S/C15H25N3O5/c1-9(2)22-11(5)14(20)18-13(15(21)23-10(3)4)7-6-12(19)8-17-16/h8-11,13H,6-7H2,1-5H3,(H,18,20)/t11-,13-/m0/s1. The van der Waals surface area contributed by atoms with Crippen molar-refractivity contribution in [1.82, 2.24) is 5.32 Å². The van der Waals surface area contributed by atoms with E-state index in [0.29, 0.717) is 0 Å². The van der Waals surface area contributed by atoms with Crippen LogP contribution in [0.1, 0.15) is 47.5 Å². The van der Waals surface area contributed by atoms with Crippen LogP contribution in [0.4, 0.5) is 0 Å². The fourth-order valence-corrected chi connectivity index (χ4v) is 1.74. The zero-order chi connectivity index (χ0) is 18.0. The van der Waals surface area contributed by atoms with Gasteiger partial charge in [-0.3, -0.25) is 9.59 Å². The Kier molecular flexibility index (Phi) is 9.69. The number of carbonyl (C=O) groups excluding carboxylic acids is 3. The second kappa shape index (κ2) is 10.6. The number of esters is 1. The Hall–Kier alpha value is -2.05. The van der Waals surface area contributed by atoms with Gasteiger partial charge >= 0.3 is 12.2 Å². The second-order valence-corrected chi connectivity index (χ2v) is 5.62. The molecular formula is C15H25N3O5. The Balaban J connectivity index is 4.83. The second-order valence-electron chi connectivity index (χ2n) is 5.62. The predicted molar refractivity (Wildman–Crippen MR) is 82.8 cm³/mol. The lowest BCUT2D eigenvalue weighted by atomic mass is 10.1. The Morgan fingerprint density at radius 1 is 1.13 bits per heavy atom. The zero-order valence-electron chi connectivity index (χ0n) is 14.2. The average molecular weight is 327 g/mol. The van der Waals surface area contributed by atoms with Gasteiger partial charge in [0, 0.05) is 6.42 Å². The third-order valence-electron chi connectivity index (χ3n) is 2.68. The maximum absolute atomic E-state index is 12.1. The molecule has 0 aliphatic carbocycles. The molecule has 1 amide bonds. The van der Waals surface area contributed by atoms with Crippen LogP contribution in [0.3, 0.4) is 0 Å². The van der Waals surface area contributed by atoms with Crippen molar-refractivity contribution in [3.63, 3.8) is 0 Å². The number of ketones is 1. The van der Waals surface area contributed by atoms with Gasteiger partial charge in [0.25, 0.3) is 0 Å². The molecule has 0 aliphatic rings. The maximum Gasteiger partial charge on any atom is 0.328 e. The molecule has 0 saturated heterocycles. The Morgan fingerprint density at radius 2 is 1.74 bits per heavy atom. The first-order valence-electron chi connectivity index (χ1n) is 7.54. The van der Waals surface area contributed by atoms with E-state index in [1.807, 2.05) is 0 Å². The highest BCUT2D eigenvalue weighted by Crippen LogP contribution is 2.05. The van der Waals surface area contributed by atoms with E-state index in [2.05, 4.69) is 10.1 Å². The highest BCUT2D eigenvalue weighted by molar-refractivity contribution is 6.25. The van der Waals surface area contributed by atoms with Gasteiger partial charge in [-0.05, 0) is 41.0 Å². The monoisotopic (exact) mass is 327 g/mol. The topological polar surface area (TPSA) is 118 Å². The Morgan fingerprint density at radius 3 is 2.22 bits per heavy atom. The molecule has 23 heavy (non-hydrogen) atoms. The molecule has 0 bridgehead atoms. The number of nitrogens with zero attached hydrogens (tertiary/aromatic N) is 2. The molecule has 0 saturated carbocycles. The van der Waals surface area contributed by atoms with Gasteiger partial charge in [-0.1, -0.05) is 0 Å². The van der Waals surface area contributed by atoms with Crippen LogP contribution in [0.25, 0.3) is 5.53 Å². The summed E-state index contributed by atoms with van der Waals surface area (Å²) in [5.74, 6) is -1.55. The lowest BCUT2D eigenvalue weighted by molar-refractivity contribution is -0.153. The molecule has 0 aliphatic heterocycles. The van der Waals surface area contributed by atoms with Crippen molar-refractivity contribution in [2.45, 2.75) is 71.8 Å². The smallest absolute Gasteiger partial charge is 0.328 e. The number of hydrogen-bond donors (Lipinski definition) is 1. The van der Waals surface area contributed by atoms with E-state index in [9.17, 15) is 14.4 Å². The molecule has 8 nitrogen and oxygen atoms in total. The summed E-state index contributed by atoms with van der Waals surface area (Å²) in [6.07, 6.45) is -0.505. The van der Waals surface area contributed by atoms with E-state index in [1.165, 1.54) is 0 Å². The number of ether oxygens (including phenoxy) is 2. The van der Waals surface area contributed by atoms with Gasteiger partial charge in [-0.2, -0.15) is 4.79 Å². The highest BCUT2D eigenvalue weighted by atomic mass is 16.5. The fraction of sp³-hybridized carbons (Fsp3) is 0.733. The molecule has 0 radical (unpaired) electrons. The van der Waals surface area contributed by atoms with E-state index in [-0.39, 0.29) is 25.0 Å². The van der Waals surface area contributed by atoms with Crippen molar-refractivity contribution < 1.29 is 28.6 Å². The molecule has 0 rings (SSSR count). The van der Waals surface area contributed by atoms with Crippen LogP contribution in [0.15, 0.2) is 0 Å². The molecular weight excluding hydrogens is 302 g/mol. The molecule has 130 valence electrons.